The van der Waals surface area contributed by atoms with Gasteiger partial charge in [0.1, 0.15) is 11.6 Å². The molecule has 0 bridgehead atoms. The Balaban J connectivity index is 1.91. The van der Waals surface area contributed by atoms with Gasteiger partial charge in [-0.1, -0.05) is 30.3 Å². The molecule has 3 rings (SSSR count). The molecule has 0 saturated carbocycles. The Kier molecular flexibility index (Phi) is 4.04. The van der Waals surface area contributed by atoms with Crippen molar-refractivity contribution in [1.29, 1.82) is 0 Å². The first-order valence-electron chi connectivity index (χ1n) is 7.20. The molecular formula is C18H14FNO4. The fourth-order valence-corrected chi connectivity index (χ4v) is 2.52. The molecule has 0 radical (unpaired) electrons. The van der Waals surface area contributed by atoms with Gasteiger partial charge in [0, 0.05) is 5.56 Å². The molecule has 2 aromatic carbocycles. The molecule has 1 aliphatic heterocycles. The Hall–Kier alpha value is -3.15. The Labute approximate surface area is 137 Å². The van der Waals surface area contributed by atoms with E-state index in [1.807, 2.05) is 0 Å². The summed E-state index contributed by atoms with van der Waals surface area (Å²) in [5.41, 5.74) is 0.490. The summed E-state index contributed by atoms with van der Waals surface area (Å²) in [7, 11) is 1.51. The molecule has 0 aromatic heterocycles. The number of aliphatic hydroxyl groups excluding tert-OH is 1. The average Bonchev–Trinajstić information content (AvgIpc) is 2.80. The average molecular weight is 327 g/mol. The summed E-state index contributed by atoms with van der Waals surface area (Å²) in [4.78, 5) is 25.5. The molecule has 2 aromatic rings. The molecule has 1 N–H and O–H groups in total. The van der Waals surface area contributed by atoms with Gasteiger partial charge >= 0.3 is 0 Å². The normalized spacial score (nSPS) is 14.5. The summed E-state index contributed by atoms with van der Waals surface area (Å²) < 4.78 is 18.8. The van der Waals surface area contributed by atoms with E-state index >= 15 is 0 Å². The number of amides is 2. The Morgan fingerprint density at radius 3 is 2.33 bits per heavy atom. The molecule has 0 fully saturated rings. The third-order valence-corrected chi connectivity index (χ3v) is 3.81. The second-order valence-corrected chi connectivity index (χ2v) is 5.24. The number of nitrogens with zero attached hydrogens (tertiary/aromatic N) is 1. The van der Waals surface area contributed by atoms with Gasteiger partial charge in [0.25, 0.3) is 11.8 Å². The van der Waals surface area contributed by atoms with E-state index in [0.717, 1.165) is 4.90 Å². The van der Waals surface area contributed by atoms with Gasteiger partial charge in [0.2, 0.25) is 0 Å². The second-order valence-electron chi connectivity index (χ2n) is 5.24. The molecule has 0 atom stereocenters. The number of carbonyl (C=O) groups excluding carboxylic acids is 2. The topological polar surface area (TPSA) is 66.8 Å². The third kappa shape index (κ3) is 2.62. The third-order valence-electron chi connectivity index (χ3n) is 3.81. The number of methoxy groups -OCH3 is 1. The zero-order valence-corrected chi connectivity index (χ0v) is 12.8. The molecule has 0 unspecified atom stereocenters. The lowest BCUT2D eigenvalue weighted by Crippen LogP contribution is -2.31. The smallest absolute Gasteiger partial charge is 0.296 e. The predicted octanol–water partition coefficient (Wildman–Crippen LogP) is 2.67. The summed E-state index contributed by atoms with van der Waals surface area (Å²) in [6.45, 7) is -0.242. The number of benzene rings is 2. The Morgan fingerprint density at radius 1 is 1.04 bits per heavy atom. The van der Waals surface area contributed by atoms with Crippen molar-refractivity contribution in [3.05, 3.63) is 71.2 Å². The molecule has 6 heteroatoms. The summed E-state index contributed by atoms with van der Waals surface area (Å²) in [5.74, 6) is -2.07. The van der Waals surface area contributed by atoms with Crippen molar-refractivity contribution in [2.24, 2.45) is 0 Å². The van der Waals surface area contributed by atoms with Gasteiger partial charge in [0.05, 0.1) is 19.2 Å². The summed E-state index contributed by atoms with van der Waals surface area (Å²) in [5, 5.41) is 10.1. The van der Waals surface area contributed by atoms with Gasteiger partial charge in [0.15, 0.2) is 5.76 Å². The molecule has 1 heterocycles. The zero-order chi connectivity index (χ0) is 17.3. The highest BCUT2D eigenvalue weighted by Gasteiger charge is 2.39. The minimum absolute atomic E-state index is 0.0982. The Morgan fingerprint density at radius 2 is 1.71 bits per heavy atom. The number of aliphatic hydroxyl groups is 1. The molecular weight excluding hydrogens is 313 g/mol. The van der Waals surface area contributed by atoms with Crippen molar-refractivity contribution in [3.63, 3.8) is 0 Å². The minimum atomic E-state index is -0.839. The maximum absolute atomic E-state index is 13.8. The van der Waals surface area contributed by atoms with Crippen molar-refractivity contribution in [2.75, 3.05) is 7.11 Å². The molecule has 0 saturated heterocycles. The number of carbonyl (C=O) groups is 2. The van der Waals surface area contributed by atoms with Crippen molar-refractivity contribution in [2.45, 2.75) is 6.54 Å². The monoisotopic (exact) mass is 327 g/mol. The van der Waals surface area contributed by atoms with Crippen LogP contribution in [0.4, 0.5) is 4.39 Å². The highest BCUT2D eigenvalue weighted by Crippen LogP contribution is 2.30. The van der Waals surface area contributed by atoms with Crippen LogP contribution in [-0.4, -0.2) is 28.9 Å². The Bertz CT molecular complexity index is 842. The van der Waals surface area contributed by atoms with Crippen LogP contribution >= 0.6 is 0 Å². The predicted molar refractivity (Wildman–Crippen MR) is 84.5 cm³/mol. The molecule has 0 aliphatic carbocycles. The van der Waals surface area contributed by atoms with Crippen LogP contribution in [0.15, 0.2) is 54.3 Å². The highest BCUT2D eigenvalue weighted by molar-refractivity contribution is 6.34. The van der Waals surface area contributed by atoms with Crippen LogP contribution in [0, 0.1) is 5.82 Å². The number of halogens is 1. The van der Waals surface area contributed by atoms with Crippen molar-refractivity contribution >= 4 is 17.4 Å². The van der Waals surface area contributed by atoms with Crippen LogP contribution in [0.25, 0.3) is 5.57 Å². The van der Waals surface area contributed by atoms with Crippen molar-refractivity contribution < 1.29 is 23.8 Å². The lowest BCUT2D eigenvalue weighted by atomic mass is 10.1. The molecule has 2 amide bonds. The van der Waals surface area contributed by atoms with Crippen LogP contribution in [0.3, 0.4) is 0 Å². The fraction of sp³-hybridized carbons (Fsp3) is 0.111. The van der Waals surface area contributed by atoms with Gasteiger partial charge < -0.3 is 9.84 Å². The maximum Gasteiger partial charge on any atom is 0.296 e. The van der Waals surface area contributed by atoms with Gasteiger partial charge in [-0.05, 0) is 23.8 Å². The van der Waals surface area contributed by atoms with Gasteiger partial charge in [-0.25, -0.2) is 4.39 Å². The van der Waals surface area contributed by atoms with Gasteiger partial charge in [-0.15, -0.1) is 0 Å². The first-order valence-corrected chi connectivity index (χ1v) is 7.20. The van der Waals surface area contributed by atoms with Crippen LogP contribution in [-0.2, 0) is 16.1 Å². The van der Waals surface area contributed by atoms with E-state index in [2.05, 4.69) is 0 Å². The van der Waals surface area contributed by atoms with Crippen LogP contribution in [0.1, 0.15) is 11.1 Å². The number of rotatable bonds is 4. The maximum atomic E-state index is 13.8. The number of hydrogen-bond donors (Lipinski definition) is 1. The van der Waals surface area contributed by atoms with Gasteiger partial charge in [-0.3, -0.25) is 14.5 Å². The molecule has 5 nitrogen and oxygen atoms in total. The number of hydrogen-bond acceptors (Lipinski definition) is 4. The summed E-state index contributed by atoms with van der Waals surface area (Å²) in [6.07, 6.45) is 0. The molecule has 122 valence electrons. The standard InChI is InChI=1S/C18H14FNO4/c1-24-13-8-6-11(7-9-13)15-16(21)18(23)20(17(15)22)10-12-4-2-3-5-14(12)19/h2-9,21H,10H2,1H3. The van der Waals surface area contributed by atoms with E-state index in [4.69, 9.17) is 4.74 Å². The van der Waals surface area contributed by atoms with Crippen LogP contribution in [0.5, 0.6) is 5.75 Å². The zero-order valence-electron chi connectivity index (χ0n) is 12.8. The first kappa shape index (κ1) is 15.7. The SMILES string of the molecule is COc1ccc(C2=C(O)C(=O)N(Cc3ccccc3F)C2=O)cc1. The first-order chi connectivity index (χ1) is 11.5. The lowest BCUT2D eigenvalue weighted by molar-refractivity contribution is -0.138. The molecule has 0 spiro atoms. The largest absolute Gasteiger partial charge is 0.502 e. The number of imide groups is 1. The van der Waals surface area contributed by atoms with Gasteiger partial charge in [-0.2, -0.15) is 0 Å². The second kappa shape index (κ2) is 6.16. The van der Waals surface area contributed by atoms with Crippen molar-refractivity contribution in [3.8, 4) is 5.75 Å². The quantitative estimate of drug-likeness (QED) is 0.877. The molecule has 1 aliphatic rings. The lowest BCUT2D eigenvalue weighted by Gasteiger charge is -2.15. The van der Waals surface area contributed by atoms with E-state index in [1.54, 1.807) is 30.3 Å². The van der Waals surface area contributed by atoms with E-state index in [0.29, 0.717) is 11.3 Å². The minimum Gasteiger partial charge on any atom is -0.502 e. The van der Waals surface area contributed by atoms with E-state index in [9.17, 15) is 19.1 Å². The van der Waals surface area contributed by atoms with E-state index < -0.39 is 23.4 Å². The summed E-state index contributed by atoms with van der Waals surface area (Å²) >= 11 is 0. The number of ether oxygens (including phenoxy) is 1. The van der Waals surface area contributed by atoms with E-state index in [1.165, 1.54) is 25.3 Å². The summed E-state index contributed by atoms with van der Waals surface area (Å²) in [6, 6.07) is 12.2. The van der Waals surface area contributed by atoms with Crippen LogP contribution < -0.4 is 4.74 Å². The van der Waals surface area contributed by atoms with Crippen LogP contribution in [0.2, 0.25) is 0 Å². The fourth-order valence-electron chi connectivity index (χ4n) is 2.52. The van der Waals surface area contributed by atoms with Crippen molar-refractivity contribution in [1.82, 2.24) is 4.90 Å². The molecule has 24 heavy (non-hydrogen) atoms. The highest BCUT2D eigenvalue weighted by atomic mass is 19.1. The van der Waals surface area contributed by atoms with E-state index in [-0.39, 0.29) is 17.7 Å².